The molecule has 1 saturated carbocycles. The van der Waals surface area contributed by atoms with Crippen LogP contribution in [-0.4, -0.2) is 144 Å². The molecule has 2 N–H and O–H groups in total. The van der Waals surface area contributed by atoms with Gasteiger partial charge < -0.3 is 39.4 Å². The van der Waals surface area contributed by atoms with Crippen molar-refractivity contribution >= 4 is 24.0 Å². The number of nitrogens with zero attached hydrogens (tertiary/aromatic N) is 3. The molecule has 55 heavy (non-hydrogen) atoms. The van der Waals surface area contributed by atoms with Gasteiger partial charge in [0.1, 0.15) is 6.29 Å². The number of carbonyl (C=O) groups is 4. The molecule has 12 heteroatoms. The summed E-state index contributed by atoms with van der Waals surface area (Å²) < 4.78 is 16.0. The summed E-state index contributed by atoms with van der Waals surface area (Å²) in [5, 5.41) is 5.71. The average molecular weight is 776 g/mol. The molecule has 3 aliphatic rings. The summed E-state index contributed by atoms with van der Waals surface area (Å²) in [6, 6.07) is 10.8. The minimum absolute atomic E-state index is 0.0263. The van der Waals surface area contributed by atoms with E-state index in [9.17, 15) is 19.2 Å². The number of piperidine rings is 1. The maximum atomic E-state index is 12.7. The van der Waals surface area contributed by atoms with Gasteiger partial charge in [0.05, 0.1) is 43.4 Å². The fraction of sp³-hybridized carbons (Fsp3) is 0.767. The third kappa shape index (κ3) is 16.2. The number of nitrogens with one attached hydrogen (secondary N) is 2. The van der Waals surface area contributed by atoms with Crippen LogP contribution in [0.5, 0.6) is 0 Å². The van der Waals surface area contributed by atoms with Gasteiger partial charge in [0, 0.05) is 53.4 Å². The number of methoxy groups -OCH3 is 3. The second-order valence-corrected chi connectivity index (χ2v) is 15.4. The van der Waals surface area contributed by atoms with Gasteiger partial charge in [0.2, 0.25) is 17.7 Å². The number of fused-ring (bicyclic) bond motifs is 2. The standard InChI is InChI=1S/C20H35N3O4.C13H26N2O3.C7H8.C3H8/c1-6-13(2)18(16(27-5)9-10-24)23(4)17(25)12-21-20(26)19-14-7-8-15(11-14)22(19)3;1-10(13(16)14-7-9-17-3)12(18-4)11-6-5-8-15(11)2;1-7-5-3-2-4-6-7;1-3-2/h10,13-16,18-19H,6-9,11-12H2,1-5H3,(H,21,26);10-12H,5-9H2,1-4H3,(H,14,16);2-6H,1H3;3H2,1-2H3. The molecule has 12 nitrogen and oxygen atoms in total. The van der Waals surface area contributed by atoms with Crippen molar-refractivity contribution in [2.45, 2.75) is 129 Å². The molecule has 2 bridgehead atoms. The van der Waals surface area contributed by atoms with Crippen LogP contribution in [0.3, 0.4) is 0 Å². The highest BCUT2D eigenvalue weighted by atomic mass is 16.5. The van der Waals surface area contributed by atoms with Crippen molar-refractivity contribution in [3.05, 3.63) is 35.9 Å². The van der Waals surface area contributed by atoms with E-state index in [1.54, 1.807) is 33.3 Å². The molecule has 0 radical (unpaired) electrons. The molecule has 4 rings (SSSR count). The number of hydrogen-bond donors (Lipinski definition) is 2. The van der Waals surface area contributed by atoms with Crippen LogP contribution in [0.2, 0.25) is 0 Å². The lowest BCUT2D eigenvalue weighted by Gasteiger charge is -2.37. The Morgan fingerprint density at radius 1 is 0.982 bits per heavy atom. The lowest BCUT2D eigenvalue weighted by molar-refractivity contribution is -0.139. The van der Waals surface area contributed by atoms with Crippen LogP contribution in [0, 0.1) is 24.7 Å². The molecule has 9 atom stereocenters. The van der Waals surface area contributed by atoms with Crippen LogP contribution in [0.1, 0.15) is 91.5 Å². The molecule has 2 heterocycles. The third-order valence-corrected chi connectivity index (χ3v) is 11.3. The molecular formula is C43H77N5O7. The second kappa shape index (κ2) is 27.7. The highest BCUT2D eigenvalue weighted by Gasteiger charge is 2.47. The first-order chi connectivity index (χ1) is 26.3. The highest BCUT2D eigenvalue weighted by molar-refractivity contribution is 5.88. The Labute approximate surface area is 333 Å². The van der Waals surface area contributed by atoms with Crippen LogP contribution in [0.15, 0.2) is 30.3 Å². The number of carbonyl (C=O) groups excluding carboxylic acids is 4. The Bertz CT molecular complexity index is 1220. The van der Waals surface area contributed by atoms with Crippen LogP contribution in [-0.2, 0) is 33.4 Å². The molecule has 9 unspecified atom stereocenters. The Balaban J connectivity index is 0.000000459. The average Bonchev–Trinajstić information content (AvgIpc) is 3.91. The van der Waals surface area contributed by atoms with Gasteiger partial charge in [-0.2, -0.15) is 0 Å². The van der Waals surface area contributed by atoms with Gasteiger partial charge in [-0.1, -0.05) is 83.4 Å². The smallest absolute Gasteiger partial charge is 0.242 e. The van der Waals surface area contributed by atoms with Gasteiger partial charge in [0.15, 0.2) is 0 Å². The van der Waals surface area contributed by atoms with E-state index in [4.69, 9.17) is 14.2 Å². The maximum absolute atomic E-state index is 12.7. The van der Waals surface area contributed by atoms with Crippen molar-refractivity contribution in [2.75, 3.05) is 68.7 Å². The van der Waals surface area contributed by atoms with Crippen molar-refractivity contribution in [1.29, 1.82) is 0 Å². The zero-order chi connectivity index (χ0) is 41.5. The van der Waals surface area contributed by atoms with Crippen LogP contribution in [0.25, 0.3) is 0 Å². The summed E-state index contributed by atoms with van der Waals surface area (Å²) in [6.45, 7) is 14.5. The second-order valence-electron chi connectivity index (χ2n) is 15.4. The molecule has 2 saturated heterocycles. The summed E-state index contributed by atoms with van der Waals surface area (Å²) >= 11 is 0. The van der Waals surface area contributed by atoms with Crippen molar-refractivity contribution < 1.29 is 33.4 Å². The topological polar surface area (TPSA) is 130 Å². The monoisotopic (exact) mass is 776 g/mol. The molecule has 1 aliphatic carbocycles. The Morgan fingerprint density at radius 3 is 2.09 bits per heavy atom. The van der Waals surface area contributed by atoms with Gasteiger partial charge >= 0.3 is 0 Å². The van der Waals surface area contributed by atoms with E-state index in [0.29, 0.717) is 31.2 Å². The lowest BCUT2D eigenvalue weighted by atomic mass is 9.91. The predicted octanol–water partition coefficient (Wildman–Crippen LogP) is 4.97. The molecule has 3 fully saturated rings. The number of rotatable bonds is 17. The van der Waals surface area contributed by atoms with E-state index >= 15 is 0 Å². The van der Waals surface area contributed by atoms with E-state index in [1.807, 2.05) is 39.1 Å². The number of ether oxygens (including phenoxy) is 3. The zero-order valence-electron chi connectivity index (χ0n) is 36.3. The number of benzene rings is 1. The Hall–Kier alpha value is -2.90. The summed E-state index contributed by atoms with van der Waals surface area (Å²) in [5.74, 6) is 0.272. The van der Waals surface area contributed by atoms with Gasteiger partial charge in [0.25, 0.3) is 0 Å². The maximum Gasteiger partial charge on any atom is 0.242 e. The normalized spacial score (nSPS) is 22.9. The van der Waals surface area contributed by atoms with Gasteiger partial charge in [-0.3, -0.25) is 19.3 Å². The Kier molecular flexibility index (Phi) is 25.2. The van der Waals surface area contributed by atoms with Crippen molar-refractivity contribution in [3.8, 4) is 0 Å². The Morgan fingerprint density at radius 2 is 1.64 bits per heavy atom. The quantitative estimate of drug-likeness (QED) is 0.167. The van der Waals surface area contributed by atoms with E-state index < -0.39 is 0 Å². The summed E-state index contributed by atoms with van der Waals surface area (Å²) in [7, 11) is 10.7. The number of amides is 3. The summed E-state index contributed by atoms with van der Waals surface area (Å²) in [4.78, 5) is 54.5. The van der Waals surface area contributed by atoms with Crippen LogP contribution >= 0.6 is 0 Å². The summed E-state index contributed by atoms with van der Waals surface area (Å²) in [6.07, 6.45) is 8.42. The fourth-order valence-electron chi connectivity index (χ4n) is 8.04. The predicted molar refractivity (Wildman–Crippen MR) is 221 cm³/mol. The minimum atomic E-state index is -0.348. The first-order valence-corrected chi connectivity index (χ1v) is 20.5. The number of likely N-dealkylation sites (tertiary alicyclic amines) is 2. The molecule has 1 aromatic carbocycles. The molecule has 0 aromatic heterocycles. The number of aldehydes is 1. The van der Waals surface area contributed by atoms with Gasteiger partial charge in [-0.15, -0.1) is 0 Å². The van der Waals surface area contributed by atoms with Gasteiger partial charge in [-0.05, 0) is 71.5 Å². The molecule has 2 aliphatic heterocycles. The van der Waals surface area contributed by atoms with Crippen LogP contribution < -0.4 is 10.6 Å². The third-order valence-electron chi connectivity index (χ3n) is 11.3. The molecule has 1 aromatic rings. The van der Waals surface area contributed by atoms with Crippen molar-refractivity contribution in [3.63, 3.8) is 0 Å². The zero-order valence-corrected chi connectivity index (χ0v) is 36.3. The van der Waals surface area contributed by atoms with E-state index in [0.717, 1.165) is 38.5 Å². The largest absolute Gasteiger partial charge is 0.383 e. The highest BCUT2D eigenvalue weighted by Crippen LogP contribution is 2.41. The molecule has 0 spiro atoms. The van der Waals surface area contributed by atoms with E-state index in [-0.39, 0.29) is 66.8 Å². The lowest BCUT2D eigenvalue weighted by Crippen LogP contribution is -2.54. The number of hydrogen-bond acceptors (Lipinski definition) is 9. The molecule has 316 valence electrons. The van der Waals surface area contributed by atoms with Gasteiger partial charge in [-0.25, -0.2) is 0 Å². The first kappa shape index (κ1) is 50.1. The molecule has 3 amide bonds. The molecular weight excluding hydrogens is 699 g/mol. The fourth-order valence-corrected chi connectivity index (χ4v) is 8.04. The number of likely N-dealkylation sites (N-methyl/N-ethyl adjacent to an activating group) is 3. The van der Waals surface area contributed by atoms with Crippen molar-refractivity contribution in [2.24, 2.45) is 17.8 Å². The van der Waals surface area contributed by atoms with Crippen molar-refractivity contribution in [1.82, 2.24) is 25.3 Å². The SMILES string of the molecule is CCC.CCC(C)C(C(CC=O)OC)N(C)C(=O)CNC(=O)C1C2CCC(C2)N1C.COCCNC(=O)C(C)C(OC)C1CCCN1C.Cc1ccccc1. The van der Waals surface area contributed by atoms with E-state index in [1.165, 1.54) is 24.8 Å². The summed E-state index contributed by atoms with van der Waals surface area (Å²) in [5.41, 5.74) is 1.32. The first-order valence-electron chi connectivity index (χ1n) is 20.5. The minimum Gasteiger partial charge on any atom is -0.383 e. The van der Waals surface area contributed by atoms with Crippen LogP contribution in [0.4, 0.5) is 0 Å². The van der Waals surface area contributed by atoms with E-state index in [2.05, 4.69) is 67.3 Å². The number of aryl methyl sites for hydroxylation is 1.